The molecular weight excluding hydrogens is 292 g/mol. The van der Waals surface area contributed by atoms with E-state index < -0.39 is 5.91 Å². The summed E-state index contributed by atoms with van der Waals surface area (Å²) in [5.41, 5.74) is 4.23. The molecule has 1 aromatic heterocycles. The molecule has 0 aliphatic heterocycles. The van der Waals surface area contributed by atoms with Crippen molar-refractivity contribution < 1.29 is 4.79 Å². The molecule has 6 heteroatoms. The Labute approximate surface area is 131 Å². The lowest BCUT2D eigenvalue weighted by atomic mass is 10.1. The van der Waals surface area contributed by atoms with Crippen LogP contribution in [-0.2, 0) is 0 Å². The Bertz CT molecular complexity index is 943. The average Bonchev–Trinajstić information content (AvgIpc) is 2.57. The molecule has 0 saturated heterocycles. The predicted octanol–water partition coefficient (Wildman–Crippen LogP) is 2.00. The van der Waals surface area contributed by atoms with Crippen LogP contribution in [0.15, 0.2) is 58.4 Å². The quantitative estimate of drug-likeness (QED) is 0.573. The summed E-state index contributed by atoms with van der Waals surface area (Å²) in [6.07, 6.45) is 1.55. The molecule has 3 aromatic rings. The van der Waals surface area contributed by atoms with Gasteiger partial charge < -0.3 is 0 Å². The molecule has 0 aliphatic carbocycles. The minimum Gasteiger partial charge on any atom is -0.267 e. The Morgan fingerprint density at radius 1 is 1.13 bits per heavy atom. The smallest absolute Gasteiger partial charge is 0.267 e. The van der Waals surface area contributed by atoms with E-state index in [2.05, 4.69) is 20.7 Å². The van der Waals surface area contributed by atoms with E-state index in [1.165, 1.54) is 0 Å². The number of aromatic amines is 1. The van der Waals surface area contributed by atoms with Gasteiger partial charge in [-0.05, 0) is 18.6 Å². The lowest BCUT2D eigenvalue weighted by Gasteiger charge is -2.03. The molecule has 0 radical (unpaired) electrons. The van der Waals surface area contributed by atoms with Gasteiger partial charge in [-0.3, -0.25) is 9.59 Å². The number of fused-ring (bicyclic) bond motifs is 1. The second-order valence-corrected chi connectivity index (χ2v) is 5.06. The summed E-state index contributed by atoms with van der Waals surface area (Å²) >= 11 is 0. The number of hydrogen-bond donors (Lipinski definition) is 2. The summed E-state index contributed by atoms with van der Waals surface area (Å²) in [6.45, 7) is 2.00. The van der Waals surface area contributed by atoms with Crippen LogP contribution in [0, 0.1) is 6.92 Å². The van der Waals surface area contributed by atoms with Crippen LogP contribution in [0.25, 0.3) is 10.8 Å². The van der Waals surface area contributed by atoms with Gasteiger partial charge in [-0.25, -0.2) is 10.5 Å². The third kappa shape index (κ3) is 3.16. The van der Waals surface area contributed by atoms with Crippen molar-refractivity contribution in [2.75, 3.05) is 0 Å². The van der Waals surface area contributed by atoms with Crippen molar-refractivity contribution in [1.82, 2.24) is 15.6 Å². The van der Waals surface area contributed by atoms with Gasteiger partial charge in [-0.15, -0.1) is 0 Å². The summed E-state index contributed by atoms with van der Waals surface area (Å²) in [6, 6.07) is 14.5. The second-order valence-electron chi connectivity index (χ2n) is 5.06. The van der Waals surface area contributed by atoms with Crippen LogP contribution in [-0.4, -0.2) is 22.3 Å². The molecule has 3 rings (SSSR count). The van der Waals surface area contributed by atoms with E-state index in [0.29, 0.717) is 10.8 Å². The van der Waals surface area contributed by atoms with Crippen LogP contribution in [0.1, 0.15) is 21.6 Å². The molecule has 1 amide bonds. The van der Waals surface area contributed by atoms with Gasteiger partial charge in [0.05, 0.1) is 11.6 Å². The van der Waals surface area contributed by atoms with Crippen molar-refractivity contribution in [3.05, 3.63) is 75.7 Å². The molecular formula is C17H14N4O2. The second kappa shape index (κ2) is 6.23. The first kappa shape index (κ1) is 14.6. The highest BCUT2D eigenvalue weighted by molar-refractivity contribution is 6.04. The largest absolute Gasteiger partial charge is 0.292 e. The molecule has 0 aliphatic rings. The number of aromatic nitrogens is 2. The molecule has 114 valence electrons. The zero-order valence-corrected chi connectivity index (χ0v) is 12.4. The molecule has 1 heterocycles. The molecule has 0 fully saturated rings. The number of hydrazone groups is 1. The van der Waals surface area contributed by atoms with Crippen LogP contribution in [0.5, 0.6) is 0 Å². The van der Waals surface area contributed by atoms with E-state index in [-0.39, 0.29) is 11.3 Å². The number of nitrogens with one attached hydrogen (secondary N) is 2. The summed E-state index contributed by atoms with van der Waals surface area (Å²) in [5.74, 6) is -0.485. The Morgan fingerprint density at radius 3 is 2.57 bits per heavy atom. The number of H-pyrrole nitrogens is 1. The van der Waals surface area contributed by atoms with Gasteiger partial charge in [0.2, 0.25) is 0 Å². The Kier molecular flexibility index (Phi) is 3.97. The van der Waals surface area contributed by atoms with E-state index in [9.17, 15) is 9.59 Å². The van der Waals surface area contributed by atoms with E-state index in [1.54, 1.807) is 30.5 Å². The topological polar surface area (TPSA) is 87.2 Å². The number of carbonyl (C=O) groups excluding carboxylic acids is 1. The van der Waals surface area contributed by atoms with Crippen molar-refractivity contribution in [3.63, 3.8) is 0 Å². The first-order chi connectivity index (χ1) is 11.1. The molecule has 2 aromatic carbocycles. The highest BCUT2D eigenvalue weighted by Crippen LogP contribution is 2.11. The Hall–Kier alpha value is -3.28. The van der Waals surface area contributed by atoms with Gasteiger partial charge in [-0.2, -0.15) is 10.2 Å². The van der Waals surface area contributed by atoms with Crippen LogP contribution in [0.2, 0.25) is 0 Å². The molecule has 6 nitrogen and oxygen atoms in total. The number of amides is 1. The molecule has 0 bridgehead atoms. The van der Waals surface area contributed by atoms with Gasteiger partial charge in [0.25, 0.3) is 11.5 Å². The lowest BCUT2D eigenvalue weighted by molar-refractivity contribution is 0.0951. The van der Waals surface area contributed by atoms with Crippen molar-refractivity contribution in [2.45, 2.75) is 6.92 Å². The maximum absolute atomic E-state index is 12.2. The highest BCUT2D eigenvalue weighted by atomic mass is 16.2. The van der Waals surface area contributed by atoms with E-state index in [4.69, 9.17) is 0 Å². The van der Waals surface area contributed by atoms with Gasteiger partial charge in [-0.1, -0.05) is 48.0 Å². The van der Waals surface area contributed by atoms with Gasteiger partial charge in [0.15, 0.2) is 5.69 Å². The fourth-order valence-electron chi connectivity index (χ4n) is 2.16. The molecule has 0 saturated carbocycles. The summed E-state index contributed by atoms with van der Waals surface area (Å²) in [4.78, 5) is 23.9. The number of carbonyl (C=O) groups is 1. The fourth-order valence-corrected chi connectivity index (χ4v) is 2.16. The fraction of sp³-hybridized carbons (Fsp3) is 0.0588. The third-order valence-corrected chi connectivity index (χ3v) is 3.37. The van der Waals surface area contributed by atoms with Gasteiger partial charge >= 0.3 is 0 Å². The Balaban J connectivity index is 1.83. The monoisotopic (exact) mass is 306 g/mol. The van der Waals surface area contributed by atoms with Crippen LogP contribution >= 0.6 is 0 Å². The van der Waals surface area contributed by atoms with Crippen molar-refractivity contribution in [1.29, 1.82) is 0 Å². The summed E-state index contributed by atoms with van der Waals surface area (Å²) < 4.78 is 0. The normalized spacial score (nSPS) is 11.0. The highest BCUT2D eigenvalue weighted by Gasteiger charge is 2.12. The molecule has 0 atom stereocenters. The van der Waals surface area contributed by atoms with Crippen molar-refractivity contribution >= 4 is 22.9 Å². The first-order valence-electron chi connectivity index (χ1n) is 7.02. The number of rotatable bonds is 3. The van der Waals surface area contributed by atoms with Crippen LogP contribution in [0.4, 0.5) is 0 Å². The number of hydrogen-bond acceptors (Lipinski definition) is 4. The maximum atomic E-state index is 12.2. The SMILES string of the molecule is Cc1ccc(/C=N/NC(=O)c2n[nH]c(=O)c3ccccc23)cc1. The third-order valence-electron chi connectivity index (χ3n) is 3.37. The van der Waals surface area contributed by atoms with Gasteiger partial charge in [0, 0.05) is 5.39 Å². The summed E-state index contributed by atoms with van der Waals surface area (Å²) in [7, 11) is 0. The standard InChI is InChI=1S/C17H14N4O2/c1-11-6-8-12(9-7-11)10-18-20-17(23)15-13-4-2-3-5-14(13)16(22)21-19-15/h2-10H,1H3,(H,20,23)(H,21,22)/b18-10+. The van der Waals surface area contributed by atoms with Gasteiger partial charge in [0.1, 0.15) is 0 Å². The predicted molar refractivity (Wildman–Crippen MR) is 88.6 cm³/mol. The van der Waals surface area contributed by atoms with E-state index in [0.717, 1.165) is 11.1 Å². The van der Waals surface area contributed by atoms with Crippen molar-refractivity contribution in [3.8, 4) is 0 Å². The summed E-state index contributed by atoms with van der Waals surface area (Å²) in [5, 5.41) is 11.0. The molecule has 0 unspecified atom stereocenters. The number of benzene rings is 2. The first-order valence-corrected chi connectivity index (χ1v) is 7.02. The zero-order valence-electron chi connectivity index (χ0n) is 12.4. The van der Waals surface area contributed by atoms with Crippen molar-refractivity contribution in [2.24, 2.45) is 5.10 Å². The minimum atomic E-state index is -0.485. The van der Waals surface area contributed by atoms with Crippen LogP contribution in [0.3, 0.4) is 0 Å². The maximum Gasteiger partial charge on any atom is 0.292 e. The van der Waals surface area contributed by atoms with E-state index >= 15 is 0 Å². The minimum absolute atomic E-state index is 0.126. The number of aryl methyl sites for hydroxylation is 1. The lowest BCUT2D eigenvalue weighted by Crippen LogP contribution is -2.22. The zero-order chi connectivity index (χ0) is 16.2. The molecule has 2 N–H and O–H groups in total. The molecule has 23 heavy (non-hydrogen) atoms. The van der Waals surface area contributed by atoms with Crippen LogP contribution < -0.4 is 11.0 Å². The Morgan fingerprint density at radius 2 is 1.83 bits per heavy atom. The molecule has 0 spiro atoms. The number of nitrogens with zero attached hydrogens (tertiary/aromatic N) is 2. The van der Waals surface area contributed by atoms with E-state index in [1.807, 2.05) is 31.2 Å². The average molecular weight is 306 g/mol.